The molecule has 0 bridgehead atoms. The van der Waals surface area contributed by atoms with Crippen molar-refractivity contribution >= 4 is 12.0 Å². The highest BCUT2D eigenvalue weighted by atomic mass is 16.1. The van der Waals surface area contributed by atoms with Crippen molar-refractivity contribution in [1.29, 1.82) is 5.26 Å². The Morgan fingerprint density at radius 1 is 1.50 bits per heavy atom. The molecule has 0 atom stereocenters. The van der Waals surface area contributed by atoms with E-state index in [0.29, 0.717) is 11.3 Å². The number of para-hydroxylation sites is 1. The standard InChI is InChI=1S/C9H8N2O/c10-7-8-3-1-2-4-9(8)11-5-6-12/h1-4,6,11H,5H2. The van der Waals surface area contributed by atoms with Gasteiger partial charge in [0, 0.05) is 0 Å². The first kappa shape index (κ1) is 8.28. The largest absolute Gasteiger partial charge is 0.377 e. The topological polar surface area (TPSA) is 52.9 Å². The van der Waals surface area contributed by atoms with E-state index in [2.05, 4.69) is 5.32 Å². The van der Waals surface area contributed by atoms with Crippen LogP contribution in [0.25, 0.3) is 0 Å². The highest BCUT2D eigenvalue weighted by Crippen LogP contribution is 2.12. The summed E-state index contributed by atoms with van der Waals surface area (Å²) in [5, 5.41) is 11.5. The average Bonchev–Trinajstić information content (AvgIpc) is 2.15. The molecule has 1 rings (SSSR count). The minimum Gasteiger partial charge on any atom is -0.377 e. The number of nitrogens with zero attached hydrogens (tertiary/aromatic N) is 1. The second-order valence-electron chi connectivity index (χ2n) is 2.20. The van der Waals surface area contributed by atoms with Gasteiger partial charge in [-0.25, -0.2) is 0 Å². The Morgan fingerprint density at radius 2 is 2.25 bits per heavy atom. The van der Waals surface area contributed by atoms with Gasteiger partial charge in [0.2, 0.25) is 0 Å². The Labute approximate surface area is 70.6 Å². The molecule has 0 saturated heterocycles. The Balaban J connectivity index is 2.83. The number of benzene rings is 1. The van der Waals surface area contributed by atoms with Gasteiger partial charge in [-0.05, 0) is 12.1 Å². The monoisotopic (exact) mass is 160 g/mol. The quantitative estimate of drug-likeness (QED) is 0.675. The van der Waals surface area contributed by atoms with Crippen molar-refractivity contribution in [3.63, 3.8) is 0 Å². The molecule has 0 aliphatic rings. The molecule has 0 heterocycles. The van der Waals surface area contributed by atoms with Gasteiger partial charge < -0.3 is 10.1 Å². The van der Waals surface area contributed by atoms with Crippen LogP contribution in [0.1, 0.15) is 5.56 Å². The predicted octanol–water partition coefficient (Wildman–Crippen LogP) is 1.17. The summed E-state index contributed by atoms with van der Waals surface area (Å²) in [6.07, 6.45) is 0.758. The fourth-order valence-corrected chi connectivity index (χ4v) is 0.886. The van der Waals surface area contributed by atoms with E-state index in [1.54, 1.807) is 18.2 Å². The van der Waals surface area contributed by atoms with Gasteiger partial charge in [0.25, 0.3) is 0 Å². The summed E-state index contributed by atoms with van der Waals surface area (Å²) in [5.41, 5.74) is 1.26. The minimum absolute atomic E-state index is 0.235. The number of aldehydes is 1. The summed E-state index contributed by atoms with van der Waals surface area (Å²) in [6, 6.07) is 9.09. The molecule has 60 valence electrons. The molecule has 0 saturated carbocycles. The lowest BCUT2D eigenvalue weighted by molar-refractivity contribution is -0.106. The number of carbonyl (C=O) groups is 1. The summed E-state index contributed by atoms with van der Waals surface area (Å²) in [7, 11) is 0. The van der Waals surface area contributed by atoms with Gasteiger partial charge >= 0.3 is 0 Å². The molecule has 0 aromatic heterocycles. The number of nitriles is 1. The molecule has 0 fully saturated rings. The summed E-state index contributed by atoms with van der Waals surface area (Å²) in [4.78, 5) is 10.0. The van der Waals surface area contributed by atoms with Gasteiger partial charge in [-0.1, -0.05) is 12.1 Å². The van der Waals surface area contributed by atoms with Gasteiger partial charge in [0.15, 0.2) is 0 Å². The van der Waals surface area contributed by atoms with Crippen LogP contribution >= 0.6 is 0 Å². The van der Waals surface area contributed by atoms with Gasteiger partial charge in [-0.15, -0.1) is 0 Å². The van der Waals surface area contributed by atoms with Crippen molar-refractivity contribution in [2.24, 2.45) is 0 Å². The maximum atomic E-state index is 10.0. The lowest BCUT2D eigenvalue weighted by atomic mass is 10.2. The van der Waals surface area contributed by atoms with Crippen LogP contribution in [0.4, 0.5) is 5.69 Å². The lowest BCUT2D eigenvalue weighted by Gasteiger charge is -2.02. The SMILES string of the molecule is N#Cc1ccccc1NCC=O. The van der Waals surface area contributed by atoms with Crippen molar-refractivity contribution in [2.75, 3.05) is 11.9 Å². The molecule has 1 aromatic carbocycles. The van der Waals surface area contributed by atoms with Crippen LogP contribution in [0, 0.1) is 11.3 Å². The van der Waals surface area contributed by atoms with Gasteiger partial charge in [-0.3, -0.25) is 0 Å². The molecular weight excluding hydrogens is 152 g/mol. The van der Waals surface area contributed by atoms with Crippen molar-refractivity contribution < 1.29 is 4.79 Å². The Kier molecular flexibility index (Phi) is 2.86. The molecule has 0 amide bonds. The Morgan fingerprint density at radius 3 is 2.92 bits per heavy atom. The first-order valence-corrected chi connectivity index (χ1v) is 3.55. The third kappa shape index (κ3) is 1.83. The van der Waals surface area contributed by atoms with Crippen LogP contribution in [0.2, 0.25) is 0 Å². The molecule has 0 aliphatic carbocycles. The summed E-state index contributed by atoms with van der Waals surface area (Å²) >= 11 is 0. The second-order valence-corrected chi connectivity index (χ2v) is 2.20. The smallest absolute Gasteiger partial charge is 0.139 e. The van der Waals surface area contributed by atoms with E-state index in [4.69, 9.17) is 5.26 Å². The van der Waals surface area contributed by atoms with E-state index >= 15 is 0 Å². The maximum Gasteiger partial charge on any atom is 0.139 e. The molecule has 0 aliphatic heterocycles. The van der Waals surface area contributed by atoms with Crippen molar-refractivity contribution in [3.05, 3.63) is 29.8 Å². The van der Waals surface area contributed by atoms with E-state index in [9.17, 15) is 4.79 Å². The van der Waals surface area contributed by atoms with Gasteiger partial charge in [0.1, 0.15) is 12.4 Å². The molecule has 1 aromatic rings. The summed E-state index contributed by atoms with van der Waals surface area (Å²) in [6.45, 7) is 0.235. The van der Waals surface area contributed by atoms with Crippen molar-refractivity contribution in [3.8, 4) is 6.07 Å². The minimum atomic E-state index is 0.235. The van der Waals surface area contributed by atoms with Crippen molar-refractivity contribution in [1.82, 2.24) is 0 Å². The fraction of sp³-hybridized carbons (Fsp3) is 0.111. The van der Waals surface area contributed by atoms with E-state index < -0.39 is 0 Å². The number of carbonyl (C=O) groups excluding carboxylic acids is 1. The van der Waals surface area contributed by atoms with Crippen LogP contribution in [0.5, 0.6) is 0 Å². The summed E-state index contributed by atoms with van der Waals surface area (Å²) < 4.78 is 0. The molecule has 1 N–H and O–H groups in total. The number of rotatable bonds is 3. The normalized spacial score (nSPS) is 8.58. The van der Waals surface area contributed by atoms with E-state index in [1.807, 2.05) is 12.1 Å². The van der Waals surface area contributed by atoms with Crippen LogP contribution in [0.15, 0.2) is 24.3 Å². The van der Waals surface area contributed by atoms with Gasteiger partial charge in [-0.2, -0.15) is 5.26 Å². The zero-order valence-electron chi connectivity index (χ0n) is 6.45. The van der Waals surface area contributed by atoms with Crippen LogP contribution in [0.3, 0.4) is 0 Å². The predicted molar refractivity (Wildman–Crippen MR) is 45.7 cm³/mol. The van der Waals surface area contributed by atoms with Crippen LogP contribution < -0.4 is 5.32 Å². The Hall–Kier alpha value is -1.82. The summed E-state index contributed by atoms with van der Waals surface area (Å²) in [5.74, 6) is 0. The van der Waals surface area contributed by atoms with Gasteiger partial charge in [0.05, 0.1) is 17.8 Å². The zero-order valence-corrected chi connectivity index (χ0v) is 6.45. The first-order valence-electron chi connectivity index (χ1n) is 3.55. The highest BCUT2D eigenvalue weighted by molar-refractivity contribution is 5.63. The number of nitrogens with one attached hydrogen (secondary N) is 1. The number of hydrogen-bond donors (Lipinski definition) is 1. The van der Waals surface area contributed by atoms with Crippen LogP contribution in [-0.4, -0.2) is 12.8 Å². The third-order valence-electron chi connectivity index (χ3n) is 1.42. The van der Waals surface area contributed by atoms with E-state index in [1.165, 1.54) is 0 Å². The van der Waals surface area contributed by atoms with Crippen LogP contribution in [-0.2, 0) is 4.79 Å². The van der Waals surface area contributed by atoms with E-state index in [0.717, 1.165) is 6.29 Å². The fourth-order valence-electron chi connectivity index (χ4n) is 0.886. The molecule has 3 heteroatoms. The number of hydrogen-bond acceptors (Lipinski definition) is 3. The molecular formula is C9H8N2O. The molecule has 12 heavy (non-hydrogen) atoms. The first-order chi connectivity index (χ1) is 5.88. The molecule has 0 spiro atoms. The number of anilines is 1. The maximum absolute atomic E-state index is 10.0. The third-order valence-corrected chi connectivity index (χ3v) is 1.42. The van der Waals surface area contributed by atoms with Crippen molar-refractivity contribution in [2.45, 2.75) is 0 Å². The average molecular weight is 160 g/mol. The molecule has 0 unspecified atom stereocenters. The lowest BCUT2D eigenvalue weighted by Crippen LogP contribution is -2.03. The second kappa shape index (κ2) is 4.14. The highest BCUT2D eigenvalue weighted by Gasteiger charge is 1.97. The molecule has 0 radical (unpaired) electrons. The zero-order chi connectivity index (χ0) is 8.81. The molecule has 3 nitrogen and oxygen atoms in total. The van der Waals surface area contributed by atoms with E-state index in [-0.39, 0.29) is 6.54 Å². The Bertz CT molecular complexity index is 315.